The fourth-order valence-corrected chi connectivity index (χ4v) is 3.95. The molecule has 0 spiro atoms. The Labute approximate surface area is 178 Å². The number of aliphatic hydroxyl groups is 1. The number of alkyl halides is 4. The highest BCUT2D eigenvalue weighted by molar-refractivity contribution is 5.82. The highest BCUT2D eigenvalue weighted by atomic mass is 19.4. The summed E-state index contributed by atoms with van der Waals surface area (Å²) in [6, 6.07) is -2.06. The normalized spacial score (nSPS) is 31.4. The molecule has 2 aromatic heterocycles. The van der Waals surface area contributed by atoms with Gasteiger partial charge >= 0.3 is 12.1 Å². The number of carbonyl (C=O) groups is 1. The van der Waals surface area contributed by atoms with Crippen molar-refractivity contribution in [1.29, 1.82) is 0 Å². The lowest BCUT2D eigenvalue weighted by Crippen LogP contribution is -2.41. The Hall–Kier alpha value is -2.58. The summed E-state index contributed by atoms with van der Waals surface area (Å²) >= 11 is 0. The number of halogens is 4. The van der Waals surface area contributed by atoms with Crippen molar-refractivity contribution in [2.75, 3.05) is 12.3 Å². The van der Waals surface area contributed by atoms with Crippen molar-refractivity contribution in [2.24, 2.45) is 17.6 Å². The van der Waals surface area contributed by atoms with Crippen LogP contribution in [-0.4, -0.2) is 61.3 Å². The van der Waals surface area contributed by atoms with Gasteiger partial charge in [0.25, 0.3) is 0 Å². The number of fused-ring (bicyclic) bond motifs is 2. The van der Waals surface area contributed by atoms with Gasteiger partial charge in [-0.3, -0.25) is 4.79 Å². The van der Waals surface area contributed by atoms with Crippen molar-refractivity contribution in [2.45, 2.75) is 56.6 Å². The van der Waals surface area contributed by atoms with Crippen molar-refractivity contribution >= 4 is 23.0 Å². The average Bonchev–Trinajstić information content (AvgIpc) is 2.99. The number of hydrogen-bond donors (Lipinski definition) is 3. The molecule has 0 bridgehead atoms. The van der Waals surface area contributed by atoms with Gasteiger partial charge in [-0.25, -0.2) is 19.3 Å². The molecule has 0 aromatic carbocycles. The van der Waals surface area contributed by atoms with Crippen LogP contribution >= 0.6 is 0 Å². The quantitative estimate of drug-likeness (QED) is 0.421. The van der Waals surface area contributed by atoms with Crippen LogP contribution in [0.1, 0.15) is 32.1 Å². The summed E-state index contributed by atoms with van der Waals surface area (Å²) in [6.07, 6.45) is -5.70. The molecule has 1 saturated heterocycles. The van der Waals surface area contributed by atoms with Gasteiger partial charge in [0, 0.05) is 0 Å². The van der Waals surface area contributed by atoms with E-state index in [0.717, 1.165) is 10.9 Å². The number of ether oxygens (including phenoxy) is 2. The highest BCUT2D eigenvalue weighted by Gasteiger charge is 2.78. The maximum atomic E-state index is 15.3. The molecule has 1 saturated carbocycles. The first-order valence-corrected chi connectivity index (χ1v) is 9.94. The van der Waals surface area contributed by atoms with Gasteiger partial charge in [-0.2, -0.15) is 13.2 Å². The molecule has 10 nitrogen and oxygen atoms in total. The standard InChI is InChI=1S/C18H22F4N6O4/c1-3-6(2)9(23)15(30)31-4-7-11(29)8-12(17(8,19)32-7)28-5-25-10-13(24)26-16(18(20,21)22)27-14(10)28/h5-9,11-12,29H,3-4,23H2,1-2H3,(H2,24,26,27)/t6-,7-,8?,9-,11?,12+,17?/m1/s1. The summed E-state index contributed by atoms with van der Waals surface area (Å²) in [6.45, 7) is 3.22. The van der Waals surface area contributed by atoms with E-state index < -0.39 is 66.5 Å². The lowest BCUT2D eigenvalue weighted by molar-refractivity contribution is -0.161. The van der Waals surface area contributed by atoms with Crippen LogP contribution in [0.5, 0.6) is 0 Å². The number of nitrogens with two attached hydrogens (primary N) is 2. The van der Waals surface area contributed by atoms with Gasteiger partial charge in [-0.05, 0) is 5.92 Å². The van der Waals surface area contributed by atoms with Crippen molar-refractivity contribution in [3.63, 3.8) is 0 Å². The van der Waals surface area contributed by atoms with Crippen LogP contribution in [0, 0.1) is 11.8 Å². The summed E-state index contributed by atoms with van der Waals surface area (Å²) in [4.78, 5) is 22.5. The summed E-state index contributed by atoms with van der Waals surface area (Å²) < 4.78 is 65.9. The van der Waals surface area contributed by atoms with E-state index in [2.05, 4.69) is 15.0 Å². The molecule has 3 heterocycles. The fourth-order valence-electron chi connectivity index (χ4n) is 3.95. The Morgan fingerprint density at radius 3 is 2.69 bits per heavy atom. The molecule has 2 aromatic rings. The smallest absolute Gasteiger partial charge is 0.451 e. The third kappa shape index (κ3) is 3.46. The number of carbonyl (C=O) groups excluding carboxylic acids is 1. The molecule has 2 fully saturated rings. The van der Waals surface area contributed by atoms with Crippen molar-refractivity contribution in [3.05, 3.63) is 12.2 Å². The molecule has 5 N–H and O–H groups in total. The Morgan fingerprint density at radius 1 is 1.44 bits per heavy atom. The highest BCUT2D eigenvalue weighted by Crippen LogP contribution is 2.65. The van der Waals surface area contributed by atoms with E-state index in [4.69, 9.17) is 20.9 Å². The van der Waals surface area contributed by atoms with Gasteiger partial charge in [0.1, 0.15) is 30.3 Å². The molecule has 0 amide bonds. The first-order chi connectivity index (χ1) is 14.9. The van der Waals surface area contributed by atoms with Crippen LogP contribution in [0.4, 0.5) is 23.4 Å². The summed E-state index contributed by atoms with van der Waals surface area (Å²) in [5.41, 5.74) is 10.9. The van der Waals surface area contributed by atoms with Crippen LogP contribution in [0.3, 0.4) is 0 Å². The number of esters is 1. The van der Waals surface area contributed by atoms with Gasteiger partial charge in [0.2, 0.25) is 11.7 Å². The number of anilines is 1. The topological polar surface area (TPSA) is 151 Å². The second-order valence-electron chi connectivity index (χ2n) is 8.11. The van der Waals surface area contributed by atoms with Gasteiger partial charge in [-0.1, -0.05) is 20.3 Å². The zero-order chi connectivity index (χ0) is 23.6. The number of aromatic nitrogens is 4. The Balaban J connectivity index is 1.50. The number of hydrogen-bond acceptors (Lipinski definition) is 9. The van der Waals surface area contributed by atoms with E-state index >= 15 is 4.39 Å². The van der Waals surface area contributed by atoms with E-state index in [0.29, 0.717) is 6.42 Å². The minimum atomic E-state index is -4.87. The Bertz CT molecular complexity index is 1050. The first kappa shape index (κ1) is 22.6. The molecular weight excluding hydrogens is 440 g/mol. The van der Waals surface area contributed by atoms with E-state index in [1.54, 1.807) is 6.92 Å². The zero-order valence-electron chi connectivity index (χ0n) is 17.1. The predicted molar refractivity (Wildman–Crippen MR) is 100 cm³/mol. The molecule has 3 unspecified atom stereocenters. The SMILES string of the molecule is CC[C@@H](C)[C@@H](N)C(=O)OC[C@H]1OC2(F)C(C1O)[C@@H]2n1cnc2c(N)nc(C(F)(F)F)nc21. The van der Waals surface area contributed by atoms with Crippen LogP contribution in [0.2, 0.25) is 0 Å². The minimum Gasteiger partial charge on any atom is -0.462 e. The van der Waals surface area contributed by atoms with E-state index in [1.165, 1.54) is 0 Å². The molecule has 1 aliphatic carbocycles. The number of imidazole rings is 1. The molecule has 2 aliphatic rings. The largest absolute Gasteiger partial charge is 0.462 e. The fraction of sp³-hybridized carbons (Fsp3) is 0.667. The van der Waals surface area contributed by atoms with E-state index in [9.17, 15) is 23.1 Å². The number of aliphatic hydroxyl groups excluding tert-OH is 1. The van der Waals surface area contributed by atoms with Gasteiger partial charge in [0.15, 0.2) is 11.5 Å². The molecule has 7 atom stereocenters. The average molecular weight is 462 g/mol. The van der Waals surface area contributed by atoms with E-state index in [-0.39, 0.29) is 17.1 Å². The van der Waals surface area contributed by atoms with Gasteiger partial charge in [-0.15, -0.1) is 0 Å². The minimum absolute atomic E-state index is 0.132. The molecule has 1 aliphatic heterocycles. The van der Waals surface area contributed by atoms with Gasteiger partial charge in [0.05, 0.1) is 18.3 Å². The second kappa shape index (κ2) is 7.49. The Kier molecular flexibility index (Phi) is 5.29. The van der Waals surface area contributed by atoms with Crippen LogP contribution < -0.4 is 11.5 Å². The lowest BCUT2D eigenvalue weighted by atomic mass is 10.0. The van der Waals surface area contributed by atoms with E-state index in [1.807, 2.05) is 6.92 Å². The first-order valence-electron chi connectivity index (χ1n) is 9.94. The molecule has 32 heavy (non-hydrogen) atoms. The summed E-state index contributed by atoms with van der Waals surface area (Å²) in [5, 5.41) is 10.5. The lowest BCUT2D eigenvalue weighted by Gasteiger charge is -2.22. The second-order valence-corrected chi connectivity index (χ2v) is 8.11. The summed E-state index contributed by atoms with van der Waals surface area (Å²) in [5.74, 6) is -6.37. The predicted octanol–water partition coefficient (Wildman–Crippen LogP) is 0.940. The molecule has 4 rings (SSSR count). The number of rotatable bonds is 6. The van der Waals surface area contributed by atoms with Crippen molar-refractivity contribution < 1.29 is 36.9 Å². The number of nitrogens with zero attached hydrogens (tertiary/aromatic N) is 4. The number of nitrogen functional groups attached to an aromatic ring is 1. The van der Waals surface area contributed by atoms with Gasteiger partial charge < -0.3 is 30.6 Å². The third-order valence-electron chi connectivity index (χ3n) is 6.09. The Morgan fingerprint density at radius 2 is 2.12 bits per heavy atom. The third-order valence-corrected chi connectivity index (χ3v) is 6.09. The molecule has 14 heteroatoms. The summed E-state index contributed by atoms with van der Waals surface area (Å²) in [7, 11) is 0. The monoisotopic (exact) mass is 462 g/mol. The molecule has 0 radical (unpaired) electrons. The van der Waals surface area contributed by atoms with Crippen LogP contribution in [-0.2, 0) is 20.4 Å². The maximum absolute atomic E-state index is 15.3. The van der Waals surface area contributed by atoms with Crippen LogP contribution in [0.25, 0.3) is 11.2 Å². The van der Waals surface area contributed by atoms with Crippen LogP contribution in [0.15, 0.2) is 6.33 Å². The molecular formula is C18H22F4N6O4. The van der Waals surface area contributed by atoms with Crippen molar-refractivity contribution in [1.82, 2.24) is 19.5 Å². The zero-order valence-corrected chi connectivity index (χ0v) is 17.1. The van der Waals surface area contributed by atoms with Crippen molar-refractivity contribution in [3.8, 4) is 0 Å². The maximum Gasteiger partial charge on any atom is 0.451 e. The molecule has 176 valence electrons.